The smallest absolute Gasteiger partial charge is 0.0587 e. The van der Waals surface area contributed by atoms with Crippen molar-refractivity contribution >= 4 is 0 Å². The van der Waals surface area contributed by atoms with Gasteiger partial charge in [-0.25, -0.2) is 0 Å². The summed E-state index contributed by atoms with van der Waals surface area (Å²) in [5.41, 5.74) is 0. The molecule has 11 heavy (non-hydrogen) atoms. The molecule has 2 heteroatoms. The SMILES string of the molecule is CC#N.CCC(C)CN(C)C. The van der Waals surface area contributed by atoms with Crippen molar-refractivity contribution < 1.29 is 0 Å². The van der Waals surface area contributed by atoms with Crippen molar-refractivity contribution in [2.24, 2.45) is 5.92 Å². The van der Waals surface area contributed by atoms with Gasteiger partial charge in [-0.3, -0.25) is 0 Å². The first-order valence-electron chi connectivity index (χ1n) is 4.04. The van der Waals surface area contributed by atoms with E-state index in [0.29, 0.717) is 0 Å². The minimum Gasteiger partial charge on any atom is -0.309 e. The van der Waals surface area contributed by atoms with Crippen LogP contribution in [0.4, 0.5) is 0 Å². The van der Waals surface area contributed by atoms with Gasteiger partial charge in [0.15, 0.2) is 0 Å². The zero-order chi connectivity index (χ0) is 9.28. The fraction of sp³-hybridized carbons (Fsp3) is 0.889. The van der Waals surface area contributed by atoms with Crippen molar-refractivity contribution in [1.82, 2.24) is 4.90 Å². The highest BCUT2D eigenvalue weighted by atomic mass is 15.0. The second-order valence-electron chi connectivity index (χ2n) is 3.00. The number of rotatable bonds is 3. The minimum atomic E-state index is 0.852. The van der Waals surface area contributed by atoms with Crippen LogP contribution in [0.1, 0.15) is 27.2 Å². The second-order valence-corrected chi connectivity index (χ2v) is 3.00. The maximum atomic E-state index is 7.32. The lowest BCUT2D eigenvalue weighted by Gasteiger charge is -2.13. The van der Waals surface area contributed by atoms with E-state index in [2.05, 4.69) is 32.8 Å². The molecule has 0 aromatic rings. The molecule has 0 spiro atoms. The molecule has 0 rings (SSSR count). The minimum absolute atomic E-state index is 0.852. The van der Waals surface area contributed by atoms with E-state index in [9.17, 15) is 0 Å². The number of nitrogens with zero attached hydrogens (tertiary/aromatic N) is 2. The maximum absolute atomic E-state index is 7.32. The van der Waals surface area contributed by atoms with Crippen LogP contribution in [0.15, 0.2) is 0 Å². The fourth-order valence-corrected chi connectivity index (χ4v) is 0.752. The van der Waals surface area contributed by atoms with Crippen LogP contribution in [-0.4, -0.2) is 25.5 Å². The van der Waals surface area contributed by atoms with Crippen molar-refractivity contribution in [2.75, 3.05) is 20.6 Å². The summed E-state index contributed by atoms with van der Waals surface area (Å²) >= 11 is 0. The third-order valence-electron chi connectivity index (χ3n) is 1.37. The van der Waals surface area contributed by atoms with Crippen LogP contribution in [0, 0.1) is 17.2 Å². The Bertz CT molecular complexity index is 103. The number of nitriles is 1. The van der Waals surface area contributed by atoms with Crippen LogP contribution >= 0.6 is 0 Å². The van der Waals surface area contributed by atoms with Gasteiger partial charge in [0.1, 0.15) is 0 Å². The van der Waals surface area contributed by atoms with Gasteiger partial charge in [-0.15, -0.1) is 0 Å². The Kier molecular flexibility index (Phi) is 11.2. The van der Waals surface area contributed by atoms with E-state index in [1.807, 2.05) is 0 Å². The predicted molar refractivity (Wildman–Crippen MR) is 49.3 cm³/mol. The van der Waals surface area contributed by atoms with Crippen molar-refractivity contribution in [3.05, 3.63) is 0 Å². The highest BCUT2D eigenvalue weighted by Gasteiger charge is 1.97. The topological polar surface area (TPSA) is 27.0 Å². The molecule has 0 bridgehead atoms. The van der Waals surface area contributed by atoms with Crippen LogP contribution in [0.25, 0.3) is 0 Å². The molecule has 0 aliphatic rings. The summed E-state index contributed by atoms with van der Waals surface area (Å²) in [6, 6.07) is 1.75. The predicted octanol–water partition coefficient (Wildman–Crippen LogP) is 2.12. The van der Waals surface area contributed by atoms with Gasteiger partial charge in [-0.1, -0.05) is 20.3 Å². The van der Waals surface area contributed by atoms with Crippen molar-refractivity contribution in [1.29, 1.82) is 5.26 Å². The van der Waals surface area contributed by atoms with E-state index in [-0.39, 0.29) is 0 Å². The van der Waals surface area contributed by atoms with Crippen molar-refractivity contribution in [2.45, 2.75) is 27.2 Å². The molecule has 0 aliphatic carbocycles. The van der Waals surface area contributed by atoms with Crippen LogP contribution in [0.3, 0.4) is 0 Å². The van der Waals surface area contributed by atoms with Crippen LogP contribution in [0.2, 0.25) is 0 Å². The lowest BCUT2D eigenvalue weighted by Crippen LogP contribution is -2.18. The molecule has 1 atom stereocenters. The molecule has 0 amide bonds. The zero-order valence-corrected chi connectivity index (χ0v) is 8.39. The van der Waals surface area contributed by atoms with E-state index in [0.717, 1.165) is 5.92 Å². The molecule has 2 nitrogen and oxygen atoms in total. The van der Waals surface area contributed by atoms with E-state index in [1.54, 1.807) is 6.07 Å². The van der Waals surface area contributed by atoms with Gasteiger partial charge in [0.05, 0.1) is 6.07 Å². The molecule has 0 heterocycles. The molecule has 0 saturated heterocycles. The van der Waals surface area contributed by atoms with E-state index in [4.69, 9.17) is 5.26 Å². The van der Waals surface area contributed by atoms with Gasteiger partial charge in [0, 0.05) is 13.5 Å². The summed E-state index contributed by atoms with van der Waals surface area (Å²) in [7, 11) is 4.23. The lowest BCUT2D eigenvalue weighted by atomic mass is 10.1. The Morgan fingerprint density at radius 1 is 1.45 bits per heavy atom. The summed E-state index contributed by atoms with van der Waals surface area (Å²) in [5.74, 6) is 0.852. The van der Waals surface area contributed by atoms with Gasteiger partial charge in [0.25, 0.3) is 0 Å². The summed E-state index contributed by atoms with van der Waals surface area (Å²) < 4.78 is 0. The summed E-state index contributed by atoms with van der Waals surface area (Å²) in [5, 5.41) is 7.32. The van der Waals surface area contributed by atoms with Crippen LogP contribution in [0.5, 0.6) is 0 Å². The van der Waals surface area contributed by atoms with Crippen LogP contribution < -0.4 is 0 Å². The standard InChI is InChI=1S/C7H17N.C2H3N/c1-5-7(2)6-8(3)4;1-2-3/h7H,5-6H2,1-4H3;1H3. The first-order chi connectivity index (χ1) is 5.08. The molecule has 0 aromatic carbocycles. The normalized spacial score (nSPS) is 11.4. The Hall–Kier alpha value is -0.550. The molecule has 0 fully saturated rings. The van der Waals surface area contributed by atoms with E-state index in [1.165, 1.54) is 19.9 Å². The largest absolute Gasteiger partial charge is 0.309 e. The Morgan fingerprint density at radius 3 is 1.91 bits per heavy atom. The average Bonchev–Trinajstić information content (AvgIpc) is 1.88. The molecular weight excluding hydrogens is 136 g/mol. The Morgan fingerprint density at radius 2 is 1.82 bits per heavy atom. The molecule has 0 aliphatic heterocycles. The molecule has 0 saturated carbocycles. The Balaban J connectivity index is 0. The molecular formula is C9H20N2. The lowest BCUT2D eigenvalue weighted by molar-refractivity contribution is 0.334. The molecule has 66 valence electrons. The van der Waals surface area contributed by atoms with E-state index >= 15 is 0 Å². The van der Waals surface area contributed by atoms with Gasteiger partial charge >= 0.3 is 0 Å². The summed E-state index contributed by atoms with van der Waals surface area (Å²) in [4.78, 5) is 2.23. The number of hydrogen-bond donors (Lipinski definition) is 0. The molecule has 0 aromatic heterocycles. The van der Waals surface area contributed by atoms with E-state index < -0.39 is 0 Å². The second kappa shape index (κ2) is 9.45. The molecule has 1 unspecified atom stereocenters. The van der Waals surface area contributed by atoms with Gasteiger partial charge in [-0.05, 0) is 20.0 Å². The van der Waals surface area contributed by atoms with Gasteiger partial charge < -0.3 is 4.90 Å². The maximum Gasteiger partial charge on any atom is 0.0587 e. The zero-order valence-electron chi connectivity index (χ0n) is 8.39. The highest BCUT2D eigenvalue weighted by molar-refractivity contribution is 4.51. The third-order valence-corrected chi connectivity index (χ3v) is 1.37. The summed E-state index contributed by atoms with van der Waals surface area (Å²) in [6.45, 7) is 7.16. The Labute approximate surface area is 70.8 Å². The van der Waals surface area contributed by atoms with Crippen LogP contribution in [-0.2, 0) is 0 Å². The quantitative estimate of drug-likeness (QED) is 0.626. The van der Waals surface area contributed by atoms with Crippen molar-refractivity contribution in [3.8, 4) is 6.07 Å². The third kappa shape index (κ3) is 17.7. The molecule has 0 radical (unpaired) electrons. The summed E-state index contributed by atoms with van der Waals surface area (Å²) in [6.07, 6.45) is 1.29. The first kappa shape index (κ1) is 13.1. The van der Waals surface area contributed by atoms with Gasteiger partial charge in [-0.2, -0.15) is 5.26 Å². The highest BCUT2D eigenvalue weighted by Crippen LogP contribution is 1.99. The monoisotopic (exact) mass is 156 g/mol. The fourth-order valence-electron chi connectivity index (χ4n) is 0.752. The first-order valence-corrected chi connectivity index (χ1v) is 4.04. The van der Waals surface area contributed by atoms with Crippen molar-refractivity contribution in [3.63, 3.8) is 0 Å². The molecule has 0 N–H and O–H groups in total. The number of hydrogen-bond acceptors (Lipinski definition) is 2. The average molecular weight is 156 g/mol. The van der Waals surface area contributed by atoms with Gasteiger partial charge in [0.2, 0.25) is 0 Å².